The van der Waals surface area contributed by atoms with E-state index < -0.39 is 5.97 Å². The Hall–Kier alpha value is -3.66. The molecule has 3 rings (SSSR count). The van der Waals surface area contributed by atoms with E-state index in [4.69, 9.17) is 9.47 Å². The first-order valence-corrected chi connectivity index (χ1v) is 9.22. The van der Waals surface area contributed by atoms with Gasteiger partial charge < -0.3 is 9.47 Å². The maximum Gasteiger partial charge on any atom is 0.343 e. The van der Waals surface area contributed by atoms with Gasteiger partial charge in [0.05, 0.1) is 12.7 Å². The van der Waals surface area contributed by atoms with Gasteiger partial charge in [-0.05, 0) is 49.8 Å². The Balaban J connectivity index is 1.74. The lowest BCUT2D eigenvalue weighted by Gasteiger charge is -2.10. The third-order valence-electron chi connectivity index (χ3n) is 4.44. The van der Waals surface area contributed by atoms with Gasteiger partial charge in [0.15, 0.2) is 17.3 Å². The van der Waals surface area contributed by atoms with E-state index in [0.29, 0.717) is 22.6 Å². The van der Waals surface area contributed by atoms with E-state index in [1.165, 1.54) is 13.2 Å². The first kappa shape index (κ1) is 20.1. The molecule has 0 saturated heterocycles. The number of hydrogen-bond donors (Lipinski definition) is 0. The SMILES string of the molecule is COc1cc(/C=C/C(=O)c2ccc(C)cc2)ccc1OC(=O)c1ccc(C)cc1. The van der Waals surface area contributed by atoms with Gasteiger partial charge >= 0.3 is 5.97 Å². The van der Waals surface area contributed by atoms with E-state index in [9.17, 15) is 9.59 Å². The van der Waals surface area contributed by atoms with Crippen LogP contribution in [0.15, 0.2) is 72.8 Å². The molecule has 0 unspecified atom stereocenters. The van der Waals surface area contributed by atoms with E-state index >= 15 is 0 Å². The zero-order valence-corrected chi connectivity index (χ0v) is 16.6. The summed E-state index contributed by atoms with van der Waals surface area (Å²) < 4.78 is 10.8. The average Bonchev–Trinajstić information content (AvgIpc) is 2.73. The normalized spacial score (nSPS) is 10.7. The minimum Gasteiger partial charge on any atom is -0.493 e. The zero-order chi connectivity index (χ0) is 20.8. The van der Waals surface area contributed by atoms with Crippen LogP contribution in [0.25, 0.3) is 6.08 Å². The third kappa shape index (κ3) is 5.20. The highest BCUT2D eigenvalue weighted by Gasteiger charge is 2.12. The molecule has 0 aromatic heterocycles. The number of rotatable bonds is 6. The van der Waals surface area contributed by atoms with Crippen LogP contribution in [-0.4, -0.2) is 18.9 Å². The number of aryl methyl sites for hydroxylation is 2. The van der Waals surface area contributed by atoms with Gasteiger partial charge in [0.25, 0.3) is 0 Å². The van der Waals surface area contributed by atoms with Crippen molar-refractivity contribution in [2.24, 2.45) is 0 Å². The highest BCUT2D eigenvalue weighted by molar-refractivity contribution is 6.06. The topological polar surface area (TPSA) is 52.6 Å². The fourth-order valence-corrected chi connectivity index (χ4v) is 2.71. The molecule has 3 aromatic carbocycles. The second-order valence-corrected chi connectivity index (χ2v) is 6.73. The Kier molecular flexibility index (Phi) is 6.25. The maximum atomic E-state index is 12.3. The second-order valence-electron chi connectivity index (χ2n) is 6.73. The summed E-state index contributed by atoms with van der Waals surface area (Å²) in [6.45, 7) is 3.93. The number of carbonyl (C=O) groups is 2. The number of hydrogen-bond acceptors (Lipinski definition) is 4. The van der Waals surface area contributed by atoms with Crippen molar-refractivity contribution in [2.75, 3.05) is 7.11 Å². The minimum absolute atomic E-state index is 0.0844. The Bertz CT molecular complexity index is 1050. The van der Waals surface area contributed by atoms with E-state index in [1.54, 1.807) is 48.5 Å². The van der Waals surface area contributed by atoms with E-state index in [-0.39, 0.29) is 5.78 Å². The Morgan fingerprint density at radius 1 is 0.759 bits per heavy atom. The molecule has 0 heterocycles. The molecule has 0 aliphatic heterocycles. The van der Waals surface area contributed by atoms with Gasteiger partial charge in [-0.1, -0.05) is 59.7 Å². The molecule has 0 spiro atoms. The van der Waals surface area contributed by atoms with Gasteiger partial charge in [0.2, 0.25) is 0 Å². The van der Waals surface area contributed by atoms with Crippen molar-refractivity contribution in [3.8, 4) is 11.5 Å². The lowest BCUT2D eigenvalue weighted by molar-refractivity contribution is 0.0729. The standard InChI is InChI=1S/C25H22O4/c1-17-4-10-20(11-5-17)22(26)14-8-19-9-15-23(24(16-19)28-3)29-25(27)21-12-6-18(2)7-13-21/h4-16H,1-3H3/b14-8+. The Morgan fingerprint density at radius 2 is 1.34 bits per heavy atom. The number of ketones is 1. The largest absolute Gasteiger partial charge is 0.493 e. The first-order chi connectivity index (χ1) is 14.0. The van der Waals surface area contributed by atoms with Gasteiger partial charge in [0.1, 0.15) is 0 Å². The number of ether oxygens (including phenoxy) is 2. The molecule has 3 aromatic rings. The minimum atomic E-state index is -0.457. The lowest BCUT2D eigenvalue weighted by atomic mass is 10.1. The quantitative estimate of drug-likeness (QED) is 0.245. The van der Waals surface area contributed by atoms with Crippen LogP contribution < -0.4 is 9.47 Å². The molecule has 0 N–H and O–H groups in total. The molecule has 146 valence electrons. The van der Waals surface area contributed by atoms with Crippen LogP contribution in [0.2, 0.25) is 0 Å². The molecule has 0 saturated carbocycles. The molecule has 0 aliphatic carbocycles. The van der Waals surface area contributed by atoms with Crippen LogP contribution in [0.5, 0.6) is 11.5 Å². The molecule has 0 bridgehead atoms. The third-order valence-corrected chi connectivity index (χ3v) is 4.44. The second kappa shape index (κ2) is 9.02. The molecule has 0 aliphatic rings. The molecular weight excluding hydrogens is 364 g/mol. The molecule has 0 radical (unpaired) electrons. The van der Waals surface area contributed by atoms with Gasteiger partial charge in [-0.2, -0.15) is 0 Å². The van der Waals surface area contributed by atoms with Crippen molar-refractivity contribution in [2.45, 2.75) is 13.8 Å². The van der Waals surface area contributed by atoms with Crippen LogP contribution in [0, 0.1) is 13.8 Å². The van der Waals surface area contributed by atoms with Crippen molar-refractivity contribution < 1.29 is 19.1 Å². The predicted octanol–water partition coefficient (Wildman–Crippen LogP) is 5.43. The maximum absolute atomic E-state index is 12.3. The van der Waals surface area contributed by atoms with Crippen LogP contribution >= 0.6 is 0 Å². The van der Waals surface area contributed by atoms with Crippen LogP contribution in [0.1, 0.15) is 37.4 Å². The summed E-state index contributed by atoms with van der Waals surface area (Å²) in [5, 5.41) is 0. The summed E-state index contributed by atoms with van der Waals surface area (Å²) in [6, 6.07) is 19.7. The highest BCUT2D eigenvalue weighted by Crippen LogP contribution is 2.29. The monoisotopic (exact) mass is 386 g/mol. The highest BCUT2D eigenvalue weighted by atomic mass is 16.6. The van der Waals surface area contributed by atoms with Crippen molar-refractivity contribution in [3.63, 3.8) is 0 Å². The number of esters is 1. The van der Waals surface area contributed by atoms with Gasteiger partial charge in [-0.3, -0.25) is 4.79 Å². The van der Waals surface area contributed by atoms with E-state index in [1.807, 2.05) is 38.1 Å². The van der Waals surface area contributed by atoms with Crippen molar-refractivity contribution in [1.82, 2.24) is 0 Å². The van der Waals surface area contributed by atoms with Crippen LogP contribution in [0.4, 0.5) is 0 Å². The predicted molar refractivity (Wildman–Crippen MR) is 114 cm³/mol. The summed E-state index contributed by atoms with van der Waals surface area (Å²) in [5.74, 6) is 0.190. The lowest BCUT2D eigenvalue weighted by Crippen LogP contribution is -2.09. The molecule has 0 amide bonds. The van der Waals surface area contributed by atoms with Gasteiger partial charge in [0, 0.05) is 5.56 Å². The summed E-state index contributed by atoms with van der Waals surface area (Å²) >= 11 is 0. The number of carbonyl (C=O) groups excluding carboxylic acids is 2. The molecule has 29 heavy (non-hydrogen) atoms. The molecule has 0 fully saturated rings. The fourth-order valence-electron chi connectivity index (χ4n) is 2.71. The summed E-state index contributed by atoms with van der Waals surface area (Å²) in [5.41, 5.74) is 4.02. The number of allylic oxidation sites excluding steroid dienone is 1. The molecule has 0 atom stereocenters. The molecule has 4 heteroatoms. The Labute approximate surface area is 170 Å². The van der Waals surface area contributed by atoms with E-state index in [2.05, 4.69) is 0 Å². The van der Waals surface area contributed by atoms with Crippen LogP contribution in [0.3, 0.4) is 0 Å². The molecule has 4 nitrogen and oxygen atoms in total. The average molecular weight is 386 g/mol. The van der Waals surface area contributed by atoms with Crippen LogP contribution in [-0.2, 0) is 0 Å². The summed E-state index contributed by atoms with van der Waals surface area (Å²) in [7, 11) is 1.50. The number of methoxy groups -OCH3 is 1. The van der Waals surface area contributed by atoms with Crippen molar-refractivity contribution in [3.05, 3.63) is 101 Å². The smallest absolute Gasteiger partial charge is 0.343 e. The van der Waals surface area contributed by atoms with E-state index in [0.717, 1.165) is 16.7 Å². The van der Waals surface area contributed by atoms with Gasteiger partial charge in [-0.25, -0.2) is 4.79 Å². The summed E-state index contributed by atoms with van der Waals surface area (Å²) in [6.07, 6.45) is 3.22. The van der Waals surface area contributed by atoms with Crippen molar-refractivity contribution >= 4 is 17.8 Å². The van der Waals surface area contributed by atoms with Gasteiger partial charge in [-0.15, -0.1) is 0 Å². The first-order valence-electron chi connectivity index (χ1n) is 9.22. The zero-order valence-electron chi connectivity index (χ0n) is 16.6. The summed E-state index contributed by atoms with van der Waals surface area (Å²) in [4.78, 5) is 24.6. The van der Waals surface area contributed by atoms with Crippen molar-refractivity contribution in [1.29, 1.82) is 0 Å². The number of benzene rings is 3. The Morgan fingerprint density at radius 3 is 1.93 bits per heavy atom. The molecular formula is C25H22O4. The fraction of sp³-hybridized carbons (Fsp3) is 0.120.